The van der Waals surface area contributed by atoms with Crippen molar-refractivity contribution in [1.29, 1.82) is 0 Å². The molecule has 2 fully saturated rings. The summed E-state index contributed by atoms with van der Waals surface area (Å²) < 4.78 is 10.8. The zero-order chi connectivity index (χ0) is 41.5. The number of phenolic OH excluding ortho intramolecular Hbond substituents is 2. The fourth-order valence-electron chi connectivity index (χ4n) is 8.87. The number of phenols is 2. The number of nitrogens with zero attached hydrogens (tertiary/aromatic N) is 2. The number of carboxylic acid groups (broad SMARTS) is 1. The number of aromatic nitrogens is 2. The molecule has 9 atom stereocenters. The van der Waals surface area contributed by atoms with Crippen LogP contribution in [0.3, 0.4) is 0 Å². The van der Waals surface area contributed by atoms with Gasteiger partial charge in [0.05, 0.1) is 24.3 Å². The van der Waals surface area contributed by atoms with Crippen LogP contribution < -0.4 is 15.4 Å². The number of aliphatic carboxylic acids is 1. The second-order valence-electron chi connectivity index (χ2n) is 15.3. The van der Waals surface area contributed by atoms with Crippen molar-refractivity contribution in [3.05, 3.63) is 107 Å². The Balaban J connectivity index is 1.29. The molecule has 4 aromatic rings. The van der Waals surface area contributed by atoms with Gasteiger partial charge in [-0.05, 0) is 66.6 Å². The highest BCUT2D eigenvalue weighted by molar-refractivity contribution is 6.10. The summed E-state index contributed by atoms with van der Waals surface area (Å²) in [5, 5.41) is 85.3. The first-order valence-corrected chi connectivity index (χ1v) is 19.2. The van der Waals surface area contributed by atoms with Gasteiger partial charge in [0.25, 0.3) is 5.91 Å². The van der Waals surface area contributed by atoms with Crippen molar-refractivity contribution >= 4 is 23.6 Å². The summed E-state index contributed by atoms with van der Waals surface area (Å²) in [5.41, 5.74) is 10.1. The number of aryl methyl sites for hydroxylation is 1. The van der Waals surface area contributed by atoms with Crippen LogP contribution in [0.25, 0.3) is 6.08 Å². The van der Waals surface area contributed by atoms with Gasteiger partial charge in [-0.3, -0.25) is 9.69 Å². The van der Waals surface area contributed by atoms with E-state index in [0.717, 1.165) is 34.3 Å². The third-order valence-corrected chi connectivity index (χ3v) is 11.9. The van der Waals surface area contributed by atoms with E-state index in [0.29, 0.717) is 36.8 Å². The van der Waals surface area contributed by atoms with Crippen LogP contribution >= 0.6 is 0 Å². The summed E-state index contributed by atoms with van der Waals surface area (Å²) in [6, 6.07) is 14.8. The quantitative estimate of drug-likeness (QED) is 0.0725. The zero-order valence-corrected chi connectivity index (χ0v) is 31.7. The number of imidazole rings is 1. The number of H-pyrrole nitrogens is 1. The number of benzene rings is 3. The molecule has 58 heavy (non-hydrogen) atoms. The number of hydrogen-bond donors (Lipinski definition) is 10. The SMILES string of the molecule is CCc1nc[nH]c1Cc1cc(/C=C/C(=O)N2c3cc(O[C@]4(O)O[C@H](CO)[C@@H](O)[C@H](O)[C@H]4O)c(O)cc3[C@@H](C[C@]3(c4ccccc4)CCC[C@H]3N)[C@@H]2C(=O)O)ccc1O. The molecule has 7 rings (SSSR count). The highest BCUT2D eigenvalue weighted by Crippen LogP contribution is 2.54. The average molecular weight is 801 g/mol. The predicted molar refractivity (Wildman–Crippen MR) is 208 cm³/mol. The van der Waals surface area contributed by atoms with Gasteiger partial charge in [-0.25, -0.2) is 9.78 Å². The number of nitrogens with one attached hydrogen (secondary N) is 1. The van der Waals surface area contributed by atoms with Crippen molar-refractivity contribution in [3.63, 3.8) is 0 Å². The van der Waals surface area contributed by atoms with Crippen LogP contribution in [0.2, 0.25) is 0 Å². The number of rotatable bonds is 12. The van der Waals surface area contributed by atoms with Gasteiger partial charge in [-0.15, -0.1) is 0 Å². The minimum absolute atomic E-state index is 0.000515. The Labute approximate surface area is 333 Å². The molecule has 0 spiro atoms. The van der Waals surface area contributed by atoms with Crippen LogP contribution in [0.4, 0.5) is 5.69 Å². The number of aromatic amines is 1. The molecule has 0 unspecified atom stereocenters. The molecule has 0 radical (unpaired) electrons. The summed E-state index contributed by atoms with van der Waals surface area (Å²) in [7, 11) is 0. The number of anilines is 1. The van der Waals surface area contributed by atoms with Crippen molar-refractivity contribution < 1.29 is 59.9 Å². The summed E-state index contributed by atoms with van der Waals surface area (Å²) in [5.74, 6) is -7.32. The van der Waals surface area contributed by atoms with Crippen LogP contribution in [0, 0.1) is 0 Å². The van der Waals surface area contributed by atoms with Gasteiger partial charge < -0.3 is 61.0 Å². The van der Waals surface area contributed by atoms with E-state index in [2.05, 4.69) is 9.97 Å². The molecule has 11 N–H and O–H groups in total. The fourth-order valence-corrected chi connectivity index (χ4v) is 8.87. The van der Waals surface area contributed by atoms with Crippen LogP contribution in [0.1, 0.15) is 72.2 Å². The molecule has 16 nitrogen and oxygen atoms in total. The van der Waals surface area contributed by atoms with E-state index in [9.17, 15) is 50.4 Å². The third kappa shape index (κ3) is 7.32. The number of amides is 1. The molecule has 16 heteroatoms. The summed E-state index contributed by atoms with van der Waals surface area (Å²) in [6.07, 6.45) is -0.209. The maximum atomic E-state index is 14.4. The van der Waals surface area contributed by atoms with Crippen molar-refractivity contribution in [2.75, 3.05) is 11.5 Å². The van der Waals surface area contributed by atoms with Crippen molar-refractivity contribution in [2.24, 2.45) is 5.73 Å². The smallest absolute Gasteiger partial charge is 0.355 e. The van der Waals surface area contributed by atoms with Gasteiger partial charge in [0.15, 0.2) is 17.6 Å². The number of aliphatic hydroxyl groups is 5. The van der Waals surface area contributed by atoms with Crippen molar-refractivity contribution in [3.8, 4) is 17.2 Å². The van der Waals surface area contributed by atoms with Crippen LogP contribution in [-0.2, 0) is 32.6 Å². The second kappa shape index (κ2) is 16.1. The van der Waals surface area contributed by atoms with E-state index in [4.69, 9.17) is 15.2 Å². The van der Waals surface area contributed by atoms with E-state index in [-0.39, 0.29) is 29.5 Å². The molecule has 1 aromatic heterocycles. The lowest BCUT2D eigenvalue weighted by atomic mass is 9.68. The van der Waals surface area contributed by atoms with Crippen LogP contribution in [0.15, 0.2) is 73.1 Å². The number of fused-ring (bicyclic) bond motifs is 1. The van der Waals surface area contributed by atoms with Crippen LogP contribution in [0.5, 0.6) is 17.2 Å². The highest BCUT2D eigenvalue weighted by Gasteiger charge is 2.56. The number of hydrogen-bond acceptors (Lipinski definition) is 13. The monoisotopic (exact) mass is 800 g/mol. The van der Waals surface area contributed by atoms with E-state index in [1.807, 2.05) is 37.3 Å². The van der Waals surface area contributed by atoms with Gasteiger partial charge in [0, 0.05) is 47.2 Å². The lowest BCUT2D eigenvalue weighted by Gasteiger charge is -2.44. The van der Waals surface area contributed by atoms with E-state index in [1.165, 1.54) is 24.3 Å². The van der Waals surface area contributed by atoms with Crippen LogP contribution in [-0.4, -0.2) is 112 Å². The van der Waals surface area contributed by atoms with Crippen molar-refractivity contribution in [2.45, 2.75) is 99.3 Å². The summed E-state index contributed by atoms with van der Waals surface area (Å²) >= 11 is 0. The predicted octanol–water partition coefficient (Wildman–Crippen LogP) is 1.91. The molecule has 1 aliphatic carbocycles. The van der Waals surface area contributed by atoms with E-state index in [1.54, 1.807) is 18.5 Å². The fraction of sp³-hybridized carbons (Fsp3) is 0.405. The lowest BCUT2D eigenvalue weighted by molar-refractivity contribution is -0.422. The zero-order valence-electron chi connectivity index (χ0n) is 31.7. The molecule has 308 valence electrons. The van der Waals surface area contributed by atoms with Gasteiger partial charge in [0.2, 0.25) is 0 Å². The number of carbonyl (C=O) groups is 2. The normalized spacial score (nSPS) is 29.5. The van der Waals surface area contributed by atoms with Gasteiger partial charge in [-0.2, -0.15) is 0 Å². The average Bonchev–Trinajstić information content (AvgIpc) is 3.91. The Kier molecular flexibility index (Phi) is 11.4. The topological polar surface area (TPSA) is 272 Å². The first-order chi connectivity index (χ1) is 27.7. The first kappa shape index (κ1) is 40.9. The number of nitrogens with two attached hydrogens (primary N) is 1. The second-order valence-corrected chi connectivity index (χ2v) is 15.3. The van der Waals surface area contributed by atoms with Crippen molar-refractivity contribution in [1.82, 2.24) is 9.97 Å². The molecule has 2 aliphatic heterocycles. The number of aromatic hydroxyl groups is 2. The minimum atomic E-state index is -3.12. The van der Waals surface area contributed by atoms with Gasteiger partial charge >= 0.3 is 11.9 Å². The Hall–Kier alpha value is -5.33. The Bertz CT molecular complexity index is 2180. The Morgan fingerprint density at radius 1 is 1.07 bits per heavy atom. The maximum Gasteiger partial charge on any atom is 0.355 e. The molecule has 0 bridgehead atoms. The third-order valence-electron chi connectivity index (χ3n) is 11.9. The standard InChI is InChI=1S/C42H48N4O12/c1-2-27-28(45-21-44-27)16-23-15-22(10-12-30(23)48)11-13-35(50)46-29-18-32(57-42(56)39(53)38(52)37(51)33(20-47)58-42)31(49)17-25(29)26(36(46)40(54)55)19-41(14-6-9-34(41)43)24-7-4-3-5-8-24/h3-5,7-8,10-13,15,17-18,21,26,33-34,36-39,47-49,51-53,56H,2,6,9,14,16,19-20,43H2,1H3,(H,44,45)(H,54,55)/b13-11+/t26-,33-,34-,36-,37-,38+,39-,41+,42+/m1/s1. The molecule has 3 aliphatic rings. The number of carbonyl (C=O) groups excluding carboxylic acids is 1. The molecule has 1 saturated carbocycles. The van der Waals surface area contributed by atoms with E-state index < -0.39 is 77.7 Å². The number of ether oxygens (including phenoxy) is 2. The first-order valence-electron chi connectivity index (χ1n) is 19.2. The summed E-state index contributed by atoms with van der Waals surface area (Å²) in [4.78, 5) is 36.3. The molecular formula is C42H48N4O12. The largest absolute Gasteiger partial charge is 0.508 e. The minimum Gasteiger partial charge on any atom is -0.508 e. The molecule has 1 amide bonds. The maximum absolute atomic E-state index is 14.4. The number of carboxylic acids is 1. The molecule has 1 saturated heterocycles. The lowest BCUT2D eigenvalue weighted by Crippen LogP contribution is -2.67. The molecular weight excluding hydrogens is 752 g/mol. The molecule has 3 aromatic carbocycles. The number of aliphatic hydroxyl groups excluding tert-OH is 4. The molecule has 3 heterocycles. The van der Waals surface area contributed by atoms with Gasteiger partial charge in [-0.1, -0.05) is 49.7 Å². The highest BCUT2D eigenvalue weighted by atomic mass is 16.8. The summed E-state index contributed by atoms with van der Waals surface area (Å²) in [6.45, 7) is 1.08. The van der Waals surface area contributed by atoms with E-state index >= 15 is 0 Å². The Morgan fingerprint density at radius 2 is 1.83 bits per heavy atom. The Morgan fingerprint density at radius 3 is 2.50 bits per heavy atom. The van der Waals surface area contributed by atoms with Gasteiger partial charge in [0.1, 0.15) is 30.1 Å².